The normalized spacial score (nSPS) is 12.7. The van der Waals surface area contributed by atoms with Crippen molar-refractivity contribution in [1.29, 1.82) is 0 Å². The molecule has 0 amide bonds. The van der Waals surface area contributed by atoms with E-state index < -0.39 is 0 Å². The Bertz CT molecular complexity index is 5920. The first kappa shape index (κ1) is 52.4. The van der Waals surface area contributed by atoms with Gasteiger partial charge in [-0.15, -0.1) is 5.10 Å². The van der Waals surface area contributed by atoms with Crippen molar-refractivity contribution in [2.45, 2.75) is 0 Å². The average Bonchev–Trinajstić information content (AvgIpc) is 1.56. The number of fused-ring (bicyclic) bond motifs is 9. The molecule has 14 aromatic carbocycles. The SMILES string of the molecule is C1=CN=CC(c2cccc(-c3ccc4c5c(cccc35)-c3c-4c(-c4ccc(-c5ccc(-c6c7c(c(-c8ccccc8)c8ccccc68)-c6ccc(-c8cccc(-c9cn%10cnccc%10n9)c8)c8cccc-7c68)cc5)cc4)c4ccccc4c3-c3ccccc3)c2)=NN=C1. The van der Waals surface area contributed by atoms with Crippen LogP contribution < -0.4 is 0 Å². The second kappa shape index (κ2) is 21.1. The fraction of sp³-hybridized carbons (Fsp3) is 0. The molecule has 3 heterocycles. The summed E-state index contributed by atoms with van der Waals surface area (Å²) in [5.74, 6) is 0. The van der Waals surface area contributed by atoms with E-state index in [1.165, 1.54) is 138 Å². The highest BCUT2D eigenvalue weighted by Crippen LogP contribution is 2.61. The van der Waals surface area contributed by atoms with E-state index in [4.69, 9.17) is 4.98 Å². The molecule has 1 aliphatic heterocycles. The summed E-state index contributed by atoms with van der Waals surface area (Å²) in [7, 11) is 0. The number of benzene rings is 14. The number of rotatable bonds is 9. The third-order valence-electron chi connectivity index (χ3n) is 19.3. The molecule has 0 fully saturated rings. The number of aromatic nitrogens is 3. The molecule has 430 valence electrons. The van der Waals surface area contributed by atoms with Crippen LogP contribution in [0.25, 0.3) is 182 Å². The summed E-state index contributed by atoms with van der Waals surface area (Å²) in [6.07, 6.45) is 12.6. The van der Waals surface area contributed by atoms with E-state index in [1.807, 2.05) is 16.8 Å². The Hall–Kier alpha value is -12.5. The maximum absolute atomic E-state index is 4.97. The lowest BCUT2D eigenvalue weighted by atomic mass is 9.82. The van der Waals surface area contributed by atoms with Gasteiger partial charge in [0.1, 0.15) is 17.7 Å². The largest absolute Gasteiger partial charge is 0.290 e. The molecule has 3 aliphatic rings. The van der Waals surface area contributed by atoms with E-state index in [0.29, 0.717) is 5.71 Å². The topological polar surface area (TPSA) is 67.3 Å². The predicted molar refractivity (Wildman–Crippen MR) is 388 cm³/mol. The fourth-order valence-corrected chi connectivity index (χ4v) is 15.3. The van der Waals surface area contributed by atoms with Crippen molar-refractivity contribution in [1.82, 2.24) is 14.4 Å². The minimum absolute atomic E-state index is 0.711. The van der Waals surface area contributed by atoms with E-state index in [0.717, 1.165) is 50.3 Å². The lowest BCUT2D eigenvalue weighted by molar-refractivity contribution is 1.09. The van der Waals surface area contributed by atoms with E-state index in [2.05, 4.69) is 293 Å². The van der Waals surface area contributed by atoms with Crippen LogP contribution >= 0.6 is 0 Å². The third kappa shape index (κ3) is 8.25. The number of imidazole rings is 1. The van der Waals surface area contributed by atoms with Gasteiger partial charge in [0, 0.05) is 29.7 Å². The van der Waals surface area contributed by atoms with Crippen LogP contribution in [0.5, 0.6) is 0 Å². The molecule has 6 heteroatoms. The smallest absolute Gasteiger partial charge is 0.140 e. The molecule has 19 rings (SSSR count). The summed E-state index contributed by atoms with van der Waals surface area (Å²) in [6.45, 7) is 0. The minimum atomic E-state index is 0.711. The number of allylic oxidation sites excluding steroid dienone is 1. The van der Waals surface area contributed by atoms with E-state index in [9.17, 15) is 0 Å². The first-order chi connectivity index (χ1) is 46.2. The van der Waals surface area contributed by atoms with Crippen LogP contribution in [0.15, 0.2) is 319 Å². The minimum Gasteiger partial charge on any atom is -0.290 e. The van der Waals surface area contributed by atoms with Gasteiger partial charge in [-0.05, 0) is 190 Å². The number of nitrogens with zero attached hydrogens (tertiary/aromatic N) is 6. The fourth-order valence-electron chi connectivity index (χ4n) is 15.3. The van der Waals surface area contributed by atoms with Crippen LogP contribution in [0.2, 0.25) is 0 Å². The van der Waals surface area contributed by atoms with E-state index in [1.54, 1.807) is 30.9 Å². The number of hydrogen-bond acceptors (Lipinski definition) is 5. The summed E-state index contributed by atoms with van der Waals surface area (Å²) in [5, 5.41) is 18.7. The first-order valence-corrected chi connectivity index (χ1v) is 31.6. The highest BCUT2D eigenvalue weighted by molar-refractivity contribution is 6.39. The Balaban J connectivity index is 0.735. The quantitative estimate of drug-likeness (QED) is 0.145. The highest BCUT2D eigenvalue weighted by atomic mass is 15.2. The second-order valence-electron chi connectivity index (χ2n) is 24.3. The van der Waals surface area contributed by atoms with Crippen molar-refractivity contribution in [3.05, 3.63) is 310 Å². The van der Waals surface area contributed by atoms with Crippen molar-refractivity contribution in [3.63, 3.8) is 0 Å². The molecule has 0 bridgehead atoms. The molecule has 2 aromatic heterocycles. The molecule has 0 radical (unpaired) electrons. The molecule has 0 atom stereocenters. The van der Waals surface area contributed by atoms with Gasteiger partial charge < -0.3 is 0 Å². The molecular weight excluding hydrogens is 1130 g/mol. The zero-order chi connectivity index (χ0) is 61.1. The van der Waals surface area contributed by atoms with Gasteiger partial charge in [0.25, 0.3) is 0 Å². The van der Waals surface area contributed by atoms with Gasteiger partial charge in [-0.2, -0.15) is 5.10 Å². The molecule has 6 nitrogen and oxygen atoms in total. The summed E-state index contributed by atoms with van der Waals surface area (Å²) in [4.78, 5) is 13.7. The molecule has 0 saturated heterocycles. The van der Waals surface area contributed by atoms with Crippen molar-refractivity contribution >= 4 is 66.9 Å². The lowest BCUT2D eigenvalue weighted by Crippen LogP contribution is -2.02. The Morgan fingerprint density at radius 3 is 1.23 bits per heavy atom. The van der Waals surface area contributed by atoms with E-state index >= 15 is 0 Å². The van der Waals surface area contributed by atoms with Crippen molar-refractivity contribution in [2.24, 2.45) is 15.2 Å². The molecule has 2 aliphatic carbocycles. The number of hydrogen-bond donors (Lipinski definition) is 0. The predicted octanol–water partition coefficient (Wildman–Crippen LogP) is 22.3. The van der Waals surface area contributed by atoms with E-state index in [-0.39, 0.29) is 0 Å². The van der Waals surface area contributed by atoms with Crippen molar-refractivity contribution in [2.75, 3.05) is 0 Å². The van der Waals surface area contributed by atoms with Gasteiger partial charge in [0.15, 0.2) is 0 Å². The monoisotopic (exact) mass is 1180 g/mol. The van der Waals surface area contributed by atoms with Crippen LogP contribution in [-0.4, -0.2) is 32.5 Å². The van der Waals surface area contributed by atoms with Crippen molar-refractivity contribution < 1.29 is 0 Å². The number of aliphatic imine (C=N–C) groups is 1. The van der Waals surface area contributed by atoms with Crippen LogP contribution in [0.3, 0.4) is 0 Å². The summed E-state index contributed by atoms with van der Waals surface area (Å²) in [6, 6.07) is 101. The Kier molecular flexibility index (Phi) is 11.9. The van der Waals surface area contributed by atoms with Gasteiger partial charge in [-0.1, -0.05) is 255 Å². The van der Waals surface area contributed by atoms with Gasteiger partial charge in [-0.25, -0.2) is 9.97 Å². The van der Waals surface area contributed by atoms with Gasteiger partial charge in [-0.3, -0.25) is 9.39 Å². The lowest BCUT2D eigenvalue weighted by Gasteiger charge is -2.21. The highest BCUT2D eigenvalue weighted by Gasteiger charge is 2.34. The van der Waals surface area contributed by atoms with Crippen LogP contribution in [0, 0.1) is 0 Å². The summed E-state index contributed by atoms with van der Waals surface area (Å²) >= 11 is 0. The Morgan fingerprint density at radius 1 is 0.301 bits per heavy atom. The maximum Gasteiger partial charge on any atom is 0.140 e. The van der Waals surface area contributed by atoms with Crippen LogP contribution in [0.1, 0.15) is 5.56 Å². The standard InChI is InChI=1S/C87H52N6/c1-3-16-55(17-4-1)78-67-24-7-10-27-70(67)81(87-74-43-40-63(65-28-13-30-71(82(65)74)84(78)87)59-20-11-22-61(48-59)75-50-88-45-15-46-90-92-75)58-38-34-54(35-39-58)53-32-36-57(37-33-53)80-69-26-9-8-25-68(69)79(56-18-5-2-6-19-56)86-73-42-41-64(66-29-14-31-72(83(66)73)85(80)86)60-21-12-23-62(49-60)76-51-93-52-89-47-44-77(93)91-76/h1-52H. The molecular formula is C87H52N6. The molecule has 0 N–H and O–H groups in total. The maximum atomic E-state index is 4.97. The van der Waals surface area contributed by atoms with Gasteiger partial charge in [0.05, 0.1) is 18.1 Å². The zero-order valence-electron chi connectivity index (χ0n) is 50.2. The van der Waals surface area contributed by atoms with Gasteiger partial charge >= 0.3 is 0 Å². The van der Waals surface area contributed by atoms with Crippen LogP contribution in [-0.2, 0) is 0 Å². The molecule has 93 heavy (non-hydrogen) atoms. The summed E-state index contributed by atoms with van der Waals surface area (Å²) in [5.41, 5.74) is 31.3. The van der Waals surface area contributed by atoms with Crippen molar-refractivity contribution in [3.8, 4) is 134 Å². The Labute approximate surface area is 536 Å². The van der Waals surface area contributed by atoms with Crippen LogP contribution in [0.4, 0.5) is 0 Å². The Morgan fingerprint density at radius 2 is 0.710 bits per heavy atom. The molecule has 0 saturated carbocycles. The second-order valence-corrected chi connectivity index (χ2v) is 24.3. The molecule has 0 unspecified atom stereocenters. The molecule has 0 spiro atoms. The molecule has 16 aromatic rings. The zero-order valence-corrected chi connectivity index (χ0v) is 50.2. The average molecular weight is 1180 g/mol. The van der Waals surface area contributed by atoms with Gasteiger partial charge in [0.2, 0.25) is 0 Å². The summed E-state index contributed by atoms with van der Waals surface area (Å²) < 4.78 is 1.98. The first-order valence-electron chi connectivity index (χ1n) is 31.6. The third-order valence-corrected chi connectivity index (χ3v) is 19.3.